The monoisotopic (exact) mass is 365 g/mol. The van der Waals surface area contributed by atoms with Crippen LogP contribution in [0.15, 0.2) is 60.0 Å². The molecule has 0 aliphatic heterocycles. The van der Waals surface area contributed by atoms with Gasteiger partial charge in [0, 0.05) is 17.5 Å². The lowest BCUT2D eigenvalue weighted by Gasteiger charge is -2.35. The van der Waals surface area contributed by atoms with Crippen molar-refractivity contribution in [3.63, 3.8) is 0 Å². The minimum absolute atomic E-state index is 0.137. The molecular weight excluding hydrogens is 347 g/mol. The molecule has 26 heavy (non-hydrogen) atoms. The molecule has 2 aromatic rings. The Balaban J connectivity index is 2.51. The van der Waals surface area contributed by atoms with Crippen molar-refractivity contribution in [2.45, 2.75) is 19.1 Å². The molecule has 0 aliphatic rings. The lowest BCUT2D eigenvalue weighted by molar-refractivity contribution is -0.0261. The van der Waals surface area contributed by atoms with Crippen LogP contribution in [0.3, 0.4) is 0 Å². The standard InChI is InChI=1S/C17H18F3N5O/c1-11(16(20)6-22-8-21)12(2)17(26,7-25-10-23-9-24-25)14-4-3-13(18)5-15(14)19/h3-6,8-10,12,26H,1,7H2,2H3,(H2,21,22)/b16-6+/t12-,17+/m0/s1. The second kappa shape index (κ2) is 7.96. The van der Waals surface area contributed by atoms with Crippen LogP contribution in [-0.4, -0.2) is 26.2 Å². The summed E-state index contributed by atoms with van der Waals surface area (Å²) in [4.78, 5) is 7.22. The Hall–Kier alpha value is -2.94. The van der Waals surface area contributed by atoms with E-state index < -0.39 is 29.0 Å². The van der Waals surface area contributed by atoms with E-state index in [9.17, 15) is 18.3 Å². The molecule has 9 heteroatoms. The second-order valence-corrected chi connectivity index (χ2v) is 5.66. The van der Waals surface area contributed by atoms with E-state index in [4.69, 9.17) is 5.73 Å². The first-order chi connectivity index (χ1) is 12.3. The lowest BCUT2D eigenvalue weighted by atomic mass is 9.77. The van der Waals surface area contributed by atoms with Crippen LogP contribution in [0.5, 0.6) is 0 Å². The Kier molecular flexibility index (Phi) is 5.93. The van der Waals surface area contributed by atoms with Gasteiger partial charge >= 0.3 is 0 Å². The molecule has 0 aliphatic carbocycles. The SMILES string of the molecule is C=C(/C(F)=C\N=C/N)[C@H](C)[C@](O)(Cn1cncn1)c1ccc(F)cc1F. The highest BCUT2D eigenvalue weighted by Crippen LogP contribution is 2.39. The van der Waals surface area contributed by atoms with Gasteiger partial charge in [-0.1, -0.05) is 19.6 Å². The highest BCUT2D eigenvalue weighted by Gasteiger charge is 2.41. The number of hydrogen-bond donors (Lipinski definition) is 2. The van der Waals surface area contributed by atoms with Crippen molar-refractivity contribution in [3.05, 3.63) is 72.2 Å². The van der Waals surface area contributed by atoms with Crippen molar-refractivity contribution in [2.24, 2.45) is 16.6 Å². The number of rotatable bonds is 7. The number of hydrogen-bond acceptors (Lipinski definition) is 4. The molecule has 0 amide bonds. The fourth-order valence-corrected chi connectivity index (χ4v) is 2.54. The van der Waals surface area contributed by atoms with Crippen molar-refractivity contribution < 1.29 is 18.3 Å². The molecule has 0 radical (unpaired) electrons. The number of benzene rings is 1. The summed E-state index contributed by atoms with van der Waals surface area (Å²) in [7, 11) is 0. The third kappa shape index (κ3) is 3.99. The second-order valence-electron chi connectivity index (χ2n) is 5.66. The van der Waals surface area contributed by atoms with Gasteiger partial charge in [0.2, 0.25) is 0 Å². The molecule has 0 bridgehead atoms. The maximum atomic E-state index is 14.4. The zero-order valence-corrected chi connectivity index (χ0v) is 14.0. The third-order valence-electron chi connectivity index (χ3n) is 4.09. The van der Waals surface area contributed by atoms with Crippen LogP contribution < -0.4 is 5.73 Å². The van der Waals surface area contributed by atoms with Gasteiger partial charge in [0.15, 0.2) is 0 Å². The summed E-state index contributed by atoms with van der Waals surface area (Å²) in [5.41, 5.74) is 2.72. The van der Waals surface area contributed by atoms with Gasteiger partial charge in [-0.2, -0.15) is 5.10 Å². The van der Waals surface area contributed by atoms with Crippen LogP contribution in [0.1, 0.15) is 12.5 Å². The molecule has 0 fully saturated rings. The minimum Gasteiger partial charge on any atom is -0.390 e. The summed E-state index contributed by atoms with van der Waals surface area (Å²) in [5.74, 6) is -3.63. The number of nitrogens with zero attached hydrogens (tertiary/aromatic N) is 4. The Morgan fingerprint density at radius 2 is 2.23 bits per heavy atom. The van der Waals surface area contributed by atoms with E-state index in [0.29, 0.717) is 6.07 Å². The van der Waals surface area contributed by atoms with Gasteiger partial charge in [-0.15, -0.1) is 0 Å². The fraction of sp³-hybridized carbons (Fsp3) is 0.235. The van der Waals surface area contributed by atoms with E-state index in [1.54, 1.807) is 0 Å². The molecular formula is C17H18F3N5O. The van der Waals surface area contributed by atoms with Gasteiger partial charge < -0.3 is 10.8 Å². The van der Waals surface area contributed by atoms with Crippen LogP contribution in [0.4, 0.5) is 13.2 Å². The van der Waals surface area contributed by atoms with Crippen LogP contribution in [-0.2, 0) is 12.1 Å². The maximum Gasteiger partial charge on any atom is 0.144 e. The smallest absolute Gasteiger partial charge is 0.144 e. The summed E-state index contributed by atoms with van der Waals surface area (Å²) >= 11 is 0. The van der Waals surface area contributed by atoms with Gasteiger partial charge in [0.25, 0.3) is 0 Å². The molecule has 2 rings (SSSR count). The maximum absolute atomic E-state index is 14.4. The Morgan fingerprint density at radius 3 is 2.81 bits per heavy atom. The predicted octanol–water partition coefficient (Wildman–Crippen LogP) is 2.43. The van der Waals surface area contributed by atoms with Gasteiger partial charge in [0.05, 0.1) is 19.1 Å². The van der Waals surface area contributed by atoms with Crippen LogP contribution in [0.2, 0.25) is 0 Å². The number of aromatic nitrogens is 3. The molecule has 0 spiro atoms. The summed E-state index contributed by atoms with van der Waals surface area (Å²) in [6, 6.07) is 2.75. The molecule has 2 atom stereocenters. The normalized spacial score (nSPS) is 15.8. The average molecular weight is 365 g/mol. The highest BCUT2D eigenvalue weighted by atomic mass is 19.1. The molecule has 1 heterocycles. The lowest BCUT2D eigenvalue weighted by Crippen LogP contribution is -2.40. The molecule has 0 saturated heterocycles. The predicted molar refractivity (Wildman–Crippen MR) is 90.5 cm³/mol. The quantitative estimate of drug-likeness (QED) is 0.448. The number of halogens is 3. The first kappa shape index (κ1) is 19.4. The molecule has 6 nitrogen and oxygen atoms in total. The van der Waals surface area contributed by atoms with Gasteiger partial charge in [-0.05, 0) is 11.6 Å². The van der Waals surface area contributed by atoms with E-state index >= 15 is 0 Å². The Morgan fingerprint density at radius 1 is 1.50 bits per heavy atom. The van der Waals surface area contributed by atoms with E-state index in [-0.39, 0.29) is 17.7 Å². The van der Waals surface area contributed by atoms with Gasteiger partial charge in [-0.25, -0.2) is 27.8 Å². The van der Waals surface area contributed by atoms with E-state index in [0.717, 1.165) is 24.7 Å². The number of aliphatic imine (C=N–C) groups is 1. The van der Waals surface area contributed by atoms with Crippen LogP contribution in [0.25, 0.3) is 0 Å². The molecule has 0 unspecified atom stereocenters. The largest absolute Gasteiger partial charge is 0.390 e. The van der Waals surface area contributed by atoms with Crippen molar-refractivity contribution >= 4 is 6.34 Å². The van der Waals surface area contributed by atoms with Crippen molar-refractivity contribution in [1.82, 2.24) is 14.8 Å². The van der Waals surface area contributed by atoms with Crippen molar-refractivity contribution in [1.29, 1.82) is 0 Å². The molecule has 1 aromatic heterocycles. The Bertz CT molecular complexity index is 835. The summed E-state index contributed by atoms with van der Waals surface area (Å²) < 4.78 is 43.1. The number of allylic oxidation sites excluding steroid dienone is 1. The summed E-state index contributed by atoms with van der Waals surface area (Å²) in [5, 5.41) is 15.2. The molecule has 3 N–H and O–H groups in total. The number of aliphatic hydroxyl groups is 1. The van der Waals surface area contributed by atoms with Gasteiger partial charge in [-0.3, -0.25) is 0 Å². The first-order valence-corrected chi connectivity index (χ1v) is 7.58. The first-order valence-electron chi connectivity index (χ1n) is 7.58. The molecule has 138 valence electrons. The van der Waals surface area contributed by atoms with E-state index in [1.165, 1.54) is 24.3 Å². The minimum atomic E-state index is -1.99. The zero-order chi connectivity index (χ0) is 19.3. The average Bonchev–Trinajstić information content (AvgIpc) is 3.10. The van der Waals surface area contributed by atoms with Crippen molar-refractivity contribution in [2.75, 3.05) is 0 Å². The van der Waals surface area contributed by atoms with Crippen LogP contribution in [0, 0.1) is 17.6 Å². The van der Waals surface area contributed by atoms with Crippen molar-refractivity contribution in [3.8, 4) is 0 Å². The highest BCUT2D eigenvalue weighted by molar-refractivity contribution is 5.52. The molecule has 1 aromatic carbocycles. The topological polar surface area (TPSA) is 89.3 Å². The summed E-state index contributed by atoms with van der Waals surface area (Å²) in [6.07, 6.45) is 4.26. The number of nitrogens with two attached hydrogens (primary N) is 1. The van der Waals surface area contributed by atoms with E-state index in [2.05, 4.69) is 21.7 Å². The Labute approximate surface area is 148 Å². The zero-order valence-electron chi connectivity index (χ0n) is 14.0. The third-order valence-corrected chi connectivity index (χ3v) is 4.09. The van der Waals surface area contributed by atoms with Gasteiger partial charge in [0.1, 0.15) is 35.7 Å². The van der Waals surface area contributed by atoms with Crippen LogP contribution >= 0.6 is 0 Å². The molecule has 0 saturated carbocycles. The summed E-state index contributed by atoms with van der Waals surface area (Å²) in [6.45, 7) is 4.81. The van der Waals surface area contributed by atoms with E-state index in [1.807, 2.05) is 0 Å². The fourth-order valence-electron chi connectivity index (χ4n) is 2.54.